The van der Waals surface area contributed by atoms with Crippen LogP contribution in [0.2, 0.25) is 0 Å². The number of aromatic amines is 1. The Balaban J connectivity index is 0.000000503. The molecule has 1 aromatic carbocycles. The minimum atomic E-state index is -0.833. The van der Waals surface area contributed by atoms with Crippen molar-refractivity contribution in [3.63, 3.8) is 0 Å². The quantitative estimate of drug-likeness (QED) is 0.475. The van der Waals surface area contributed by atoms with Crippen LogP contribution in [0.3, 0.4) is 0 Å². The first-order valence-corrected chi connectivity index (χ1v) is 9.99. The van der Waals surface area contributed by atoms with Gasteiger partial charge in [-0.2, -0.15) is 0 Å². The van der Waals surface area contributed by atoms with Gasteiger partial charge in [-0.15, -0.1) is 0 Å². The topological polar surface area (TPSA) is 113 Å². The summed E-state index contributed by atoms with van der Waals surface area (Å²) in [6, 6.07) is 13.8. The van der Waals surface area contributed by atoms with Crippen LogP contribution >= 0.6 is 0 Å². The minimum absolute atomic E-state index is 0.141. The summed E-state index contributed by atoms with van der Waals surface area (Å²) in [5.74, 6) is -0.377. The highest BCUT2D eigenvalue weighted by Gasteiger charge is 2.27. The Morgan fingerprint density at radius 2 is 2.00 bits per heavy atom. The Kier molecular flexibility index (Phi) is 5.37. The molecule has 1 aliphatic rings. The van der Waals surface area contributed by atoms with Crippen molar-refractivity contribution < 1.29 is 9.90 Å². The summed E-state index contributed by atoms with van der Waals surface area (Å²) in [4.78, 5) is 29.6. The Morgan fingerprint density at radius 1 is 1.27 bits per heavy atom. The molecular formula is C23H24N4O3. The molecule has 154 valence electrons. The first-order chi connectivity index (χ1) is 14.5. The highest BCUT2D eigenvalue weighted by molar-refractivity contribution is 5.86. The molecule has 0 radical (unpaired) electrons. The van der Waals surface area contributed by atoms with E-state index in [0.717, 1.165) is 48.3 Å². The second-order valence-electron chi connectivity index (χ2n) is 7.55. The van der Waals surface area contributed by atoms with Crippen molar-refractivity contribution >= 4 is 22.5 Å². The molecule has 0 saturated carbocycles. The zero-order valence-corrected chi connectivity index (χ0v) is 16.8. The number of aliphatic carboxylic acids is 1. The SMILES string of the molecule is CC(=O)O.NCC1CCc2c(c(-c3nc4ccccc4[nH]c3=O)c3ccccn23)C1. The Labute approximate surface area is 173 Å². The van der Waals surface area contributed by atoms with Gasteiger partial charge in [-0.05, 0) is 61.6 Å². The summed E-state index contributed by atoms with van der Waals surface area (Å²) in [7, 11) is 0. The zero-order valence-electron chi connectivity index (χ0n) is 16.8. The maximum Gasteiger partial charge on any atom is 0.300 e. The van der Waals surface area contributed by atoms with Gasteiger partial charge in [0.2, 0.25) is 0 Å². The van der Waals surface area contributed by atoms with E-state index in [0.29, 0.717) is 18.2 Å². The standard InChI is InChI=1S/C21H20N4O.C2H4O2/c22-12-13-8-9-17-14(11-13)19(18-7-3-4-10-25(17)18)20-21(26)24-16-6-2-1-5-15(16)23-20;1-2(3)4/h1-7,10,13H,8-9,11-12,22H2,(H,24,26);1H3,(H,3,4). The number of pyridine rings is 1. The maximum absolute atomic E-state index is 12.9. The van der Waals surface area contributed by atoms with Gasteiger partial charge in [0.15, 0.2) is 0 Å². The number of fused-ring (bicyclic) bond motifs is 4. The number of rotatable bonds is 2. The van der Waals surface area contributed by atoms with Crippen molar-refractivity contribution in [3.05, 3.63) is 70.3 Å². The van der Waals surface area contributed by atoms with E-state index in [1.807, 2.05) is 36.4 Å². The van der Waals surface area contributed by atoms with Crippen molar-refractivity contribution in [1.29, 1.82) is 0 Å². The number of aromatic nitrogens is 3. The molecule has 0 saturated heterocycles. The third-order valence-corrected chi connectivity index (χ3v) is 5.51. The molecule has 0 spiro atoms. The average Bonchev–Trinajstić information content (AvgIpc) is 3.06. The van der Waals surface area contributed by atoms with E-state index in [2.05, 4.69) is 21.6 Å². The lowest BCUT2D eigenvalue weighted by atomic mass is 9.85. The predicted molar refractivity (Wildman–Crippen MR) is 117 cm³/mol. The largest absolute Gasteiger partial charge is 0.481 e. The number of hydrogen-bond donors (Lipinski definition) is 3. The molecule has 0 bridgehead atoms. The fraction of sp³-hybridized carbons (Fsp3) is 0.261. The second-order valence-corrected chi connectivity index (χ2v) is 7.55. The number of aryl methyl sites for hydroxylation is 1. The molecule has 7 heteroatoms. The average molecular weight is 404 g/mol. The lowest BCUT2D eigenvalue weighted by Gasteiger charge is -2.22. The number of carbonyl (C=O) groups is 1. The van der Waals surface area contributed by atoms with Crippen molar-refractivity contribution in [3.8, 4) is 11.3 Å². The van der Waals surface area contributed by atoms with E-state index in [1.165, 1.54) is 11.3 Å². The van der Waals surface area contributed by atoms with E-state index in [-0.39, 0.29) is 5.56 Å². The van der Waals surface area contributed by atoms with E-state index >= 15 is 0 Å². The van der Waals surface area contributed by atoms with Gasteiger partial charge in [0.25, 0.3) is 11.5 Å². The summed E-state index contributed by atoms with van der Waals surface area (Å²) < 4.78 is 2.22. The van der Waals surface area contributed by atoms with E-state index in [1.54, 1.807) is 0 Å². The van der Waals surface area contributed by atoms with Crippen LogP contribution in [-0.4, -0.2) is 32.0 Å². The van der Waals surface area contributed by atoms with Gasteiger partial charge in [0.1, 0.15) is 5.69 Å². The van der Waals surface area contributed by atoms with Gasteiger partial charge in [-0.1, -0.05) is 18.2 Å². The third kappa shape index (κ3) is 3.59. The highest BCUT2D eigenvalue weighted by Crippen LogP contribution is 2.37. The summed E-state index contributed by atoms with van der Waals surface area (Å²) in [5.41, 5.74) is 12.4. The van der Waals surface area contributed by atoms with Crippen LogP contribution in [0.25, 0.3) is 27.8 Å². The summed E-state index contributed by atoms with van der Waals surface area (Å²) in [6.07, 6.45) is 5.05. The first kappa shape index (κ1) is 19.8. The molecule has 0 amide bonds. The summed E-state index contributed by atoms with van der Waals surface area (Å²) in [5, 5.41) is 7.42. The van der Waals surface area contributed by atoms with Crippen molar-refractivity contribution in [2.24, 2.45) is 11.7 Å². The molecule has 1 unspecified atom stereocenters. The van der Waals surface area contributed by atoms with Gasteiger partial charge < -0.3 is 20.2 Å². The number of hydrogen-bond acceptors (Lipinski definition) is 4. The maximum atomic E-state index is 12.9. The molecule has 1 aliphatic carbocycles. The third-order valence-electron chi connectivity index (χ3n) is 5.51. The Bertz CT molecular complexity index is 1280. The minimum Gasteiger partial charge on any atom is -0.481 e. The lowest BCUT2D eigenvalue weighted by molar-refractivity contribution is -0.134. The number of nitrogens with two attached hydrogens (primary N) is 1. The molecule has 30 heavy (non-hydrogen) atoms. The van der Waals surface area contributed by atoms with Gasteiger partial charge in [0, 0.05) is 24.4 Å². The number of benzene rings is 1. The highest BCUT2D eigenvalue weighted by atomic mass is 16.4. The molecule has 0 aliphatic heterocycles. The predicted octanol–water partition coefficient (Wildman–Crippen LogP) is 3.00. The van der Waals surface area contributed by atoms with E-state index in [4.69, 9.17) is 20.6 Å². The Morgan fingerprint density at radius 3 is 2.77 bits per heavy atom. The molecule has 5 rings (SSSR count). The van der Waals surface area contributed by atoms with Gasteiger partial charge in [-0.25, -0.2) is 4.98 Å². The Hall–Kier alpha value is -3.45. The molecule has 0 fully saturated rings. The molecule has 4 aromatic rings. The van der Waals surface area contributed by atoms with Crippen LogP contribution < -0.4 is 11.3 Å². The number of carboxylic acids is 1. The van der Waals surface area contributed by atoms with Crippen LogP contribution in [0.15, 0.2) is 53.5 Å². The molecule has 4 N–H and O–H groups in total. The van der Waals surface area contributed by atoms with Crippen LogP contribution in [0.1, 0.15) is 24.6 Å². The molecule has 1 atom stereocenters. The second kappa shape index (κ2) is 8.12. The van der Waals surface area contributed by atoms with Crippen LogP contribution in [0, 0.1) is 5.92 Å². The number of nitrogens with zero attached hydrogens (tertiary/aromatic N) is 2. The van der Waals surface area contributed by atoms with Gasteiger partial charge >= 0.3 is 0 Å². The number of para-hydroxylation sites is 2. The van der Waals surface area contributed by atoms with E-state index < -0.39 is 5.97 Å². The van der Waals surface area contributed by atoms with E-state index in [9.17, 15) is 4.79 Å². The summed E-state index contributed by atoms with van der Waals surface area (Å²) >= 11 is 0. The van der Waals surface area contributed by atoms with Crippen molar-refractivity contribution in [2.75, 3.05) is 6.54 Å². The van der Waals surface area contributed by atoms with Crippen molar-refractivity contribution in [2.45, 2.75) is 26.2 Å². The molecule has 3 heterocycles. The van der Waals surface area contributed by atoms with Crippen LogP contribution in [0.5, 0.6) is 0 Å². The lowest BCUT2D eigenvalue weighted by Crippen LogP contribution is -2.23. The monoisotopic (exact) mass is 404 g/mol. The smallest absolute Gasteiger partial charge is 0.300 e. The van der Waals surface area contributed by atoms with Gasteiger partial charge in [0.05, 0.1) is 16.6 Å². The number of nitrogens with one attached hydrogen (secondary N) is 1. The number of carboxylic acid groups (broad SMARTS) is 1. The first-order valence-electron chi connectivity index (χ1n) is 9.99. The zero-order chi connectivity index (χ0) is 21.3. The van der Waals surface area contributed by atoms with Crippen LogP contribution in [0.4, 0.5) is 0 Å². The summed E-state index contributed by atoms with van der Waals surface area (Å²) in [6.45, 7) is 1.76. The molecular weight excluding hydrogens is 380 g/mol. The molecule has 7 nitrogen and oxygen atoms in total. The fourth-order valence-corrected chi connectivity index (χ4v) is 4.21. The molecule has 3 aromatic heterocycles. The van der Waals surface area contributed by atoms with Crippen LogP contribution in [-0.2, 0) is 17.6 Å². The fourth-order valence-electron chi connectivity index (χ4n) is 4.21. The van der Waals surface area contributed by atoms with Gasteiger partial charge in [-0.3, -0.25) is 9.59 Å². The van der Waals surface area contributed by atoms with Crippen molar-refractivity contribution in [1.82, 2.24) is 14.4 Å². The number of H-pyrrole nitrogens is 1. The normalized spacial score (nSPS) is 15.5.